The molecule has 5 nitrogen and oxygen atoms in total. The van der Waals surface area contributed by atoms with E-state index >= 15 is 0 Å². The summed E-state index contributed by atoms with van der Waals surface area (Å²) in [6, 6.07) is 15.7. The minimum Gasteiger partial charge on any atom is -0.396 e. The van der Waals surface area contributed by atoms with Crippen molar-refractivity contribution in [2.75, 3.05) is 11.9 Å². The second kappa shape index (κ2) is 6.99. The molecule has 0 fully saturated rings. The summed E-state index contributed by atoms with van der Waals surface area (Å²) in [5.41, 5.74) is 11.5. The molecule has 1 heterocycles. The molecule has 25 heavy (non-hydrogen) atoms. The van der Waals surface area contributed by atoms with Gasteiger partial charge in [0.15, 0.2) is 0 Å². The number of carbonyl (C=O) groups excluding carboxylic acids is 1. The summed E-state index contributed by atoms with van der Waals surface area (Å²) in [4.78, 5) is 14.7. The van der Waals surface area contributed by atoms with E-state index in [2.05, 4.69) is 0 Å². The number of hydrazine groups is 1. The molecule has 5 heteroatoms. The zero-order valence-electron chi connectivity index (χ0n) is 14.7. The van der Waals surface area contributed by atoms with Gasteiger partial charge in [0.1, 0.15) is 0 Å². The fraction of sp³-hybridized carbons (Fsp3) is 0.250. The molecule has 3 rings (SSSR count). The highest BCUT2D eigenvalue weighted by atomic mass is 16.2. The zero-order valence-corrected chi connectivity index (χ0v) is 14.7. The average molecular weight is 336 g/mol. The van der Waals surface area contributed by atoms with E-state index in [1.165, 1.54) is 5.01 Å². The van der Waals surface area contributed by atoms with Crippen molar-refractivity contribution in [1.29, 1.82) is 0 Å². The number of amides is 1. The van der Waals surface area contributed by atoms with Gasteiger partial charge in [-0.25, -0.2) is 5.84 Å². The van der Waals surface area contributed by atoms with Crippen LogP contribution in [0.3, 0.4) is 0 Å². The van der Waals surface area contributed by atoms with E-state index in [4.69, 9.17) is 11.6 Å². The number of rotatable bonds is 3. The van der Waals surface area contributed by atoms with Crippen molar-refractivity contribution in [2.24, 2.45) is 11.6 Å². The van der Waals surface area contributed by atoms with Gasteiger partial charge in [-0.3, -0.25) is 4.79 Å². The standard InChI is InChI=1S/C20H24N4O/c1-3-8-18(25)24-13-14-9-4-5-10-15(14)19(21)20(23(2)22)16-11-6-7-12-17(16)24/h4-7,9-12H,3,8,13,21-22H2,1-2H3/b20-19-. The minimum atomic E-state index is 0.101. The molecule has 0 atom stereocenters. The number of carbonyl (C=O) groups is 1. The van der Waals surface area contributed by atoms with E-state index in [9.17, 15) is 4.79 Å². The predicted octanol–water partition coefficient (Wildman–Crippen LogP) is 2.92. The Kier molecular flexibility index (Phi) is 4.76. The van der Waals surface area contributed by atoms with Gasteiger partial charge in [0, 0.05) is 24.6 Å². The van der Waals surface area contributed by atoms with Crippen LogP contribution in [-0.2, 0) is 11.3 Å². The summed E-state index contributed by atoms with van der Waals surface area (Å²) < 4.78 is 0. The third-order valence-corrected chi connectivity index (χ3v) is 4.46. The Morgan fingerprint density at radius 1 is 1.12 bits per heavy atom. The van der Waals surface area contributed by atoms with Crippen LogP contribution < -0.4 is 16.5 Å². The predicted molar refractivity (Wildman–Crippen MR) is 102 cm³/mol. The molecule has 4 N–H and O–H groups in total. The Balaban J connectivity index is 2.31. The van der Waals surface area contributed by atoms with Crippen LogP contribution in [-0.4, -0.2) is 18.0 Å². The summed E-state index contributed by atoms with van der Waals surface area (Å²) in [5, 5.41) is 1.53. The van der Waals surface area contributed by atoms with Crippen LogP contribution in [0, 0.1) is 0 Å². The molecule has 0 bridgehead atoms. The molecule has 0 unspecified atom stereocenters. The normalized spacial score (nSPS) is 16.5. The number of nitrogens with two attached hydrogens (primary N) is 2. The lowest BCUT2D eigenvalue weighted by Crippen LogP contribution is -2.35. The number of para-hydroxylation sites is 1. The molecule has 2 aromatic carbocycles. The highest BCUT2D eigenvalue weighted by Gasteiger charge is 2.26. The molecular weight excluding hydrogens is 312 g/mol. The SMILES string of the molecule is CCCC(=O)N1Cc2ccccc2/C(N)=C(/N(C)N)c2ccccc21. The van der Waals surface area contributed by atoms with Crippen molar-refractivity contribution >= 4 is 23.0 Å². The Labute approximate surface area is 148 Å². The third-order valence-electron chi connectivity index (χ3n) is 4.46. The molecule has 0 aromatic heterocycles. The van der Waals surface area contributed by atoms with Gasteiger partial charge in [0.05, 0.1) is 23.6 Å². The highest BCUT2D eigenvalue weighted by molar-refractivity contribution is 6.01. The van der Waals surface area contributed by atoms with Crippen LogP contribution in [0.15, 0.2) is 48.5 Å². The summed E-state index contributed by atoms with van der Waals surface area (Å²) in [6.07, 6.45) is 1.31. The Hall–Kier alpha value is -2.79. The topological polar surface area (TPSA) is 75.6 Å². The highest BCUT2D eigenvalue weighted by Crippen LogP contribution is 2.36. The van der Waals surface area contributed by atoms with Gasteiger partial charge in [-0.05, 0) is 18.1 Å². The summed E-state index contributed by atoms with van der Waals surface area (Å²) in [6.45, 7) is 2.51. The van der Waals surface area contributed by atoms with E-state index in [1.54, 1.807) is 7.05 Å². The monoisotopic (exact) mass is 336 g/mol. The number of fused-ring (bicyclic) bond motifs is 2. The maximum Gasteiger partial charge on any atom is 0.227 e. The van der Waals surface area contributed by atoms with Crippen LogP contribution in [0.5, 0.6) is 0 Å². The first-order valence-corrected chi connectivity index (χ1v) is 8.50. The number of nitrogens with zero attached hydrogens (tertiary/aromatic N) is 2. The van der Waals surface area contributed by atoms with Gasteiger partial charge < -0.3 is 15.6 Å². The third kappa shape index (κ3) is 3.10. The van der Waals surface area contributed by atoms with E-state index in [-0.39, 0.29) is 5.91 Å². The first-order valence-electron chi connectivity index (χ1n) is 8.50. The van der Waals surface area contributed by atoms with Crippen LogP contribution in [0.4, 0.5) is 5.69 Å². The van der Waals surface area contributed by atoms with Crippen molar-refractivity contribution < 1.29 is 4.79 Å². The summed E-state index contributed by atoms with van der Waals surface area (Å²) in [7, 11) is 1.77. The first kappa shape index (κ1) is 17.0. The second-order valence-corrected chi connectivity index (χ2v) is 6.28. The molecule has 0 aliphatic carbocycles. The molecule has 130 valence electrons. The number of hydrogen-bond donors (Lipinski definition) is 2. The fourth-order valence-electron chi connectivity index (χ4n) is 3.31. The smallest absolute Gasteiger partial charge is 0.227 e. The van der Waals surface area contributed by atoms with Gasteiger partial charge in [0.25, 0.3) is 0 Å². The summed E-state index contributed by atoms with van der Waals surface area (Å²) >= 11 is 0. The van der Waals surface area contributed by atoms with Crippen LogP contribution >= 0.6 is 0 Å². The molecule has 0 spiro atoms. The maximum absolute atomic E-state index is 12.8. The Morgan fingerprint density at radius 3 is 2.44 bits per heavy atom. The molecule has 2 aromatic rings. The first-order chi connectivity index (χ1) is 12.0. The zero-order chi connectivity index (χ0) is 18.0. The molecule has 0 radical (unpaired) electrons. The molecule has 0 saturated heterocycles. The average Bonchev–Trinajstić information content (AvgIpc) is 2.59. The van der Waals surface area contributed by atoms with Gasteiger partial charge in [-0.15, -0.1) is 0 Å². The lowest BCUT2D eigenvalue weighted by atomic mass is 9.96. The van der Waals surface area contributed by atoms with Crippen LogP contribution in [0.25, 0.3) is 11.4 Å². The molecular formula is C20H24N4O. The number of benzene rings is 2. The minimum absolute atomic E-state index is 0.101. The molecule has 0 saturated carbocycles. The Bertz CT molecular complexity index is 826. The quantitative estimate of drug-likeness (QED) is 0.667. The van der Waals surface area contributed by atoms with Gasteiger partial charge in [-0.2, -0.15) is 0 Å². The molecule has 1 amide bonds. The second-order valence-electron chi connectivity index (χ2n) is 6.28. The van der Waals surface area contributed by atoms with Crippen LogP contribution in [0.2, 0.25) is 0 Å². The Morgan fingerprint density at radius 2 is 1.76 bits per heavy atom. The maximum atomic E-state index is 12.8. The van der Waals surface area contributed by atoms with Gasteiger partial charge >= 0.3 is 0 Å². The lowest BCUT2D eigenvalue weighted by molar-refractivity contribution is -0.118. The van der Waals surface area contributed by atoms with E-state index in [0.717, 1.165) is 34.5 Å². The van der Waals surface area contributed by atoms with Crippen molar-refractivity contribution in [3.63, 3.8) is 0 Å². The summed E-state index contributed by atoms with van der Waals surface area (Å²) in [5.74, 6) is 6.22. The lowest BCUT2D eigenvalue weighted by Gasteiger charge is -2.32. The van der Waals surface area contributed by atoms with E-state index < -0.39 is 0 Å². The van der Waals surface area contributed by atoms with Gasteiger partial charge in [0.2, 0.25) is 5.91 Å². The molecule has 1 aliphatic heterocycles. The largest absolute Gasteiger partial charge is 0.396 e. The number of hydrogen-bond acceptors (Lipinski definition) is 4. The number of anilines is 1. The fourth-order valence-corrected chi connectivity index (χ4v) is 3.31. The van der Waals surface area contributed by atoms with Crippen LogP contribution in [0.1, 0.15) is 36.5 Å². The molecule has 1 aliphatic rings. The van der Waals surface area contributed by atoms with E-state index in [0.29, 0.717) is 18.7 Å². The van der Waals surface area contributed by atoms with Crippen molar-refractivity contribution in [3.8, 4) is 0 Å². The van der Waals surface area contributed by atoms with E-state index in [1.807, 2.05) is 60.4 Å². The van der Waals surface area contributed by atoms with Crippen molar-refractivity contribution in [2.45, 2.75) is 26.3 Å². The van der Waals surface area contributed by atoms with Crippen molar-refractivity contribution in [1.82, 2.24) is 5.01 Å². The van der Waals surface area contributed by atoms with Crippen molar-refractivity contribution in [3.05, 3.63) is 65.2 Å². The van der Waals surface area contributed by atoms with Gasteiger partial charge in [-0.1, -0.05) is 49.4 Å².